The van der Waals surface area contributed by atoms with Crippen LogP contribution in [-0.2, 0) is 16.1 Å². The molecule has 244 valence electrons. The van der Waals surface area contributed by atoms with Crippen molar-refractivity contribution in [3.8, 4) is 11.5 Å². The van der Waals surface area contributed by atoms with Crippen molar-refractivity contribution in [3.05, 3.63) is 76.6 Å². The number of para-hydroxylation sites is 1. The first kappa shape index (κ1) is 33.7. The van der Waals surface area contributed by atoms with E-state index in [4.69, 9.17) is 19.3 Å². The van der Waals surface area contributed by atoms with Crippen LogP contribution in [0.15, 0.2) is 42.5 Å². The molecule has 0 bridgehead atoms. The van der Waals surface area contributed by atoms with Gasteiger partial charge in [0.15, 0.2) is 17.2 Å². The van der Waals surface area contributed by atoms with Gasteiger partial charge in [-0.25, -0.2) is 14.1 Å². The molecule has 4 heterocycles. The van der Waals surface area contributed by atoms with Crippen molar-refractivity contribution in [1.29, 1.82) is 0 Å². The minimum atomic E-state index is -1.10. The van der Waals surface area contributed by atoms with Gasteiger partial charge in [0, 0.05) is 18.9 Å². The SMILES string of the molecule is CC.Cc1cccc(F)c1.Cc1nc(CN2CCC(c3cccc4c3OC(C)O4)CC2)n(NC2CCO2)c1C(=O)NCC(=O)O. The Hall–Kier alpha value is -4.16. The lowest BCUT2D eigenvalue weighted by atomic mass is 9.88. The number of carboxylic acid groups (broad SMARTS) is 1. The minimum absolute atomic E-state index is 0.162. The van der Waals surface area contributed by atoms with E-state index in [0.717, 1.165) is 49.4 Å². The minimum Gasteiger partial charge on any atom is -0.480 e. The first-order valence-corrected chi connectivity index (χ1v) is 15.5. The molecule has 2 fully saturated rings. The van der Waals surface area contributed by atoms with Gasteiger partial charge in [-0.3, -0.25) is 19.9 Å². The fourth-order valence-electron chi connectivity index (χ4n) is 5.47. The van der Waals surface area contributed by atoms with Crippen LogP contribution in [0.2, 0.25) is 0 Å². The number of rotatable bonds is 8. The molecule has 0 spiro atoms. The third-order valence-corrected chi connectivity index (χ3v) is 7.67. The number of halogens is 1. The number of hydrogen-bond acceptors (Lipinski definition) is 8. The number of nitrogens with one attached hydrogen (secondary N) is 2. The predicted molar refractivity (Wildman–Crippen MR) is 168 cm³/mol. The fourth-order valence-corrected chi connectivity index (χ4v) is 5.47. The van der Waals surface area contributed by atoms with Crippen molar-refractivity contribution < 1.29 is 33.3 Å². The molecule has 0 aliphatic carbocycles. The maximum Gasteiger partial charge on any atom is 0.322 e. The lowest BCUT2D eigenvalue weighted by molar-refractivity contribution is -0.135. The van der Waals surface area contributed by atoms with Crippen molar-refractivity contribution >= 4 is 11.9 Å². The van der Waals surface area contributed by atoms with Crippen LogP contribution in [-0.4, -0.2) is 70.3 Å². The average Bonchev–Trinajstić information content (AvgIpc) is 3.53. The molecule has 3 aliphatic rings. The zero-order chi connectivity index (χ0) is 32.5. The number of hydrogen-bond donors (Lipinski definition) is 3. The molecule has 2 atom stereocenters. The molecule has 11 nitrogen and oxygen atoms in total. The number of carbonyl (C=O) groups excluding carboxylic acids is 1. The number of benzene rings is 2. The summed E-state index contributed by atoms with van der Waals surface area (Å²) in [5.74, 6) is 1.02. The summed E-state index contributed by atoms with van der Waals surface area (Å²) in [5.41, 5.74) is 6.23. The van der Waals surface area contributed by atoms with E-state index in [1.54, 1.807) is 17.7 Å². The molecule has 45 heavy (non-hydrogen) atoms. The van der Waals surface area contributed by atoms with Gasteiger partial charge in [0.1, 0.15) is 24.4 Å². The maximum absolute atomic E-state index is 12.7. The zero-order valence-corrected chi connectivity index (χ0v) is 26.6. The van der Waals surface area contributed by atoms with Gasteiger partial charge in [0.05, 0.1) is 18.8 Å². The Morgan fingerprint density at radius 2 is 1.78 bits per heavy atom. The highest BCUT2D eigenvalue weighted by atomic mass is 19.1. The molecular weight excluding hydrogens is 581 g/mol. The third-order valence-electron chi connectivity index (χ3n) is 7.67. The molecule has 0 saturated carbocycles. The number of ether oxygens (including phenoxy) is 3. The average molecular weight is 626 g/mol. The highest BCUT2D eigenvalue weighted by Gasteiger charge is 2.31. The number of likely N-dealkylation sites (tertiary alicyclic amines) is 1. The van der Waals surface area contributed by atoms with E-state index in [-0.39, 0.29) is 18.3 Å². The summed E-state index contributed by atoms with van der Waals surface area (Å²) in [7, 11) is 0. The number of aryl methyl sites for hydroxylation is 2. The third kappa shape index (κ3) is 8.73. The van der Waals surface area contributed by atoms with Gasteiger partial charge in [-0.2, -0.15) is 0 Å². The second-order valence-corrected chi connectivity index (χ2v) is 11.0. The first-order valence-electron chi connectivity index (χ1n) is 15.5. The monoisotopic (exact) mass is 625 g/mol. The standard InChI is InChI=1S/C24H31N5O6.C7H7F.C2H6/c1-14-22(24(32)25-12-21(30)31)29(27-20-8-11-33-20)19(26-14)13-28-9-6-16(7-10-28)17-4-3-5-18-23(17)35-15(2)34-18;1-6-3-2-4-7(8)5-6;1-2/h3-5,15-16,20,27H,6-13H2,1-2H3,(H,25,32)(H,30,31);2-5H,1H3;1-2H3. The van der Waals surface area contributed by atoms with Gasteiger partial charge >= 0.3 is 5.97 Å². The maximum atomic E-state index is 12.7. The number of carbonyl (C=O) groups is 2. The Bertz CT molecular complexity index is 1430. The van der Waals surface area contributed by atoms with Crippen molar-refractivity contribution in [3.63, 3.8) is 0 Å². The second-order valence-electron chi connectivity index (χ2n) is 11.0. The molecule has 2 unspecified atom stereocenters. The second kappa shape index (κ2) is 15.7. The van der Waals surface area contributed by atoms with Crippen molar-refractivity contribution in [2.45, 2.75) is 78.9 Å². The smallest absolute Gasteiger partial charge is 0.322 e. The van der Waals surface area contributed by atoms with Crippen LogP contribution < -0.4 is 20.2 Å². The number of amides is 1. The number of aliphatic carboxylic acids is 1. The van der Waals surface area contributed by atoms with Gasteiger partial charge < -0.3 is 24.6 Å². The van der Waals surface area contributed by atoms with Crippen LogP contribution in [0.5, 0.6) is 11.5 Å². The van der Waals surface area contributed by atoms with Crippen molar-refractivity contribution in [2.24, 2.45) is 0 Å². The van der Waals surface area contributed by atoms with Crippen LogP contribution in [0.1, 0.15) is 79.1 Å². The van der Waals surface area contributed by atoms with E-state index >= 15 is 0 Å². The van der Waals surface area contributed by atoms with Crippen LogP contribution in [0.4, 0.5) is 4.39 Å². The molecule has 1 aromatic heterocycles. The molecule has 2 aromatic carbocycles. The molecule has 3 aliphatic heterocycles. The van der Waals surface area contributed by atoms with Crippen molar-refractivity contribution in [2.75, 3.05) is 31.7 Å². The summed E-state index contributed by atoms with van der Waals surface area (Å²) in [5, 5.41) is 11.4. The fraction of sp³-hybridized carbons (Fsp3) is 0.485. The van der Waals surface area contributed by atoms with E-state index < -0.39 is 18.4 Å². The summed E-state index contributed by atoms with van der Waals surface area (Å²) < 4.78 is 31.0. The highest BCUT2D eigenvalue weighted by molar-refractivity contribution is 5.95. The summed E-state index contributed by atoms with van der Waals surface area (Å²) in [6.45, 7) is 12.0. The predicted octanol–water partition coefficient (Wildman–Crippen LogP) is 4.95. The Balaban J connectivity index is 0.000000397. The van der Waals surface area contributed by atoms with Crippen LogP contribution >= 0.6 is 0 Å². The quantitative estimate of drug-likeness (QED) is 0.319. The number of carboxylic acids is 1. The molecular formula is C33H44FN5O6. The molecule has 3 N–H and O–H groups in total. The number of aromatic nitrogens is 2. The first-order chi connectivity index (χ1) is 21.7. The summed E-state index contributed by atoms with van der Waals surface area (Å²) >= 11 is 0. The Morgan fingerprint density at radius 1 is 1.07 bits per heavy atom. The van der Waals surface area contributed by atoms with E-state index in [1.165, 1.54) is 17.7 Å². The number of nitrogens with zero attached hydrogens (tertiary/aromatic N) is 3. The summed E-state index contributed by atoms with van der Waals surface area (Å²) in [4.78, 5) is 30.6. The van der Waals surface area contributed by atoms with Gasteiger partial charge in [-0.05, 0) is 69.5 Å². The zero-order valence-electron chi connectivity index (χ0n) is 26.6. The molecule has 2 saturated heterocycles. The number of imidazole rings is 1. The lowest BCUT2D eigenvalue weighted by Gasteiger charge is -2.33. The topological polar surface area (TPSA) is 127 Å². The van der Waals surface area contributed by atoms with E-state index in [2.05, 4.69) is 26.7 Å². The Morgan fingerprint density at radius 3 is 2.38 bits per heavy atom. The van der Waals surface area contributed by atoms with Crippen LogP contribution in [0.3, 0.4) is 0 Å². The lowest BCUT2D eigenvalue weighted by Crippen LogP contribution is -2.43. The van der Waals surface area contributed by atoms with Gasteiger partial charge in [0.2, 0.25) is 6.29 Å². The normalized spacial score (nSPS) is 18.9. The molecule has 12 heteroatoms. The van der Waals surface area contributed by atoms with E-state index in [0.29, 0.717) is 36.3 Å². The highest BCUT2D eigenvalue weighted by Crippen LogP contribution is 2.43. The van der Waals surface area contributed by atoms with Gasteiger partial charge in [0.25, 0.3) is 5.91 Å². The molecule has 3 aromatic rings. The Kier molecular flexibility index (Phi) is 11.8. The largest absolute Gasteiger partial charge is 0.480 e. The Labute approximate surface area is 263 Å². The van der Waals surface area contributed by atoms with Crippen LogP contribution in [0, 0.1) is 19.7 Å². The molecule has 6 rings (SSSR count). The van der Waals surface area contributed by atoms with E-state index in [9.17, 15) is 14.0 Å². The van der Waals surface area contributed by atoms with Crippen molar-refractivity contribution in [1.82, 2.24) is 19.9 Å². The number of piperidine rings is 1. The van der Waals surface area contributed by atoms with Crippen LogP contribution in [0.25, 0.3) is 0 Å². The summed E-state index contributed by atoms with van der Waals surface area (Å²) in [6, 6.07) is 12.6. The molecule has 1 amide bonds. The van der Waals surface area contributed by atoms with E-state index in [1.807, 2.05) is 45.9 Å². The van der Waals surface area contributed by atoms with Gasteiger partial charge in [-0.1, -0.05) is 38.1 Å². The number of fused-ring (bicyclic) bond motifs is 1. The molecule has 0 radical (unpaired) electrons. The summed E-state index contributed by atoms with van der Waals surface area (Å²) in [6.07, 6.45) is 2.30. The van der Waals surface area contributed by atoms with Gasteiger partial charge in [-0.15, -0.1) is 0 Å².